The lowest BCUT2D eigenvalue weighted by Crippen LogP contribution is -2.38. The lowest BCUT2D eigenvalue weighted by atomic mass is 9.62. The maximum absolute atomic E-state index is 10.4. The Kier molecular flexibility index (Phi) is 2.08. The van der Waals surface area contributed by atoms with Crippen LogP contribution in [0.3, 0.4) is 0 Å². The molecule has 1 nitrogen and oxygen atoms in total. The van der Waals surface area contributed by atoms with E-state index in [-0.39, 0.29) is 22.3 Å². The number of aliphatic hydroxyl groups excluding tert-OH is 1. The highest BCUT2D eigenvalue weighted by Gasteiger charge is 2.69. The summed E-state index contributed by atoms with van der Waals surface area (Å²) in [6.07, 6.45) is 3.15. The molecule has 1 heteroatoms. The maximum atomic E-state index is 10.4. The summed E-state index contributed by atoms with van der Waals surface area (Å²) in [6, 6.07) is 10.8. The van der Waals surface area contributed by atoms with E-state index in [1.165, 1.54) is 12.0 Å². The van der Waals surface area contributed by atoms with Crippen molar-refractivity contribution in [1.82, 2.24) is 0 Å². The highest BCUT2D eigenvalue weighted by molar-refractivity contribution is 5.36. The van der Waals surface area contributed by atoms with E-state index in [2.05, 4.69) is 51.1 Å². The van der Waals surface area contributed by atoms with Crippen LogP contribution in [-0.4, -0.2) is 11.2 Å². The lowest BCUT2D eigenvalue weighted by molar-refractivity contribution is 0.0123. The van der Waals surface area contributed by atoms with Gasteiger partial charge in [-0.3, -0.25) is 0 Å². The smallest absolute Gasteiger partial charge is 0.0607 e. The van der Waals surface area contributed by atoms with Gasteiger partial charge in [-0.15, -0.1) is 0 Å². The number of hydrogen-bond donors (Lipinski definition) is 1. The minimum absolute atomic E-state index is 0.0862. The molecule has 2 bridgehead atoms. The Morgan fingerprint density at radius 3 is 2.18 bits per heavy atom. The van der Waals surface area contributed by atoms with Crippen LogP contribution in [0.5, 0.6) is 0 Å². The van der Waals surface area contributed by atoms with Gasteiger partial charge in [0.15, 0.2) is 0 Å². The minimum Gasteiger partial charge on any atom is -0.393 e. The summed E-state index contributed by atoms with van der Waals surface area (Å²) in [6.45, 7) is 6.97. The molecule has 0 spiro atoms. The highest BCUT2D eigenvalue weighted by Crippen LogP contribution is 2.72. The van der Waals surface area contributed by atoms with Crippen molar-refractivity contribution in [2.75, 3.05) is 0 Å². The van der Waals surface area contributed by atoms with Gasteiger partial charge >= 0.3 is 0 Å². The summed E-state index contributed by atoms with van der Waals surface area (Å²) in [7, 11) is 0. The summed E-state index contributed by atoms with van der Waals surface area (Å²) in [5, 5.41) is 10.4. The molecular weight excluding hydrogens is 208 g/mol. The van der Waals surface area contributed by atoms with Crippen LogP contribution >= 0.6 is 0 Å². The Morgan fingerprint density at radius 2 is 1.71 bits per heavy atom. The molecule has 0 unspecified atom stereocenters. The second kappa shape index (κ2) is 3.14. The fraction of sp³-hybridized carbons (Fsp3) is 0.625. The van der Waals surface area contributed by atoms with Gasteiger partial charge in [0.25, 0.3) is 0 Å². The fourth-order valence-electron chi connectivity index (χ4n) is 4.52. The number of fused-ring (bicyclic) bond motifs is 2. The lowest BCUT2D eigenvalue weighted by Gasteiger charge is -2.41. The van der Waals surface area contributed by atoms with Crippen LogP contribution in [0.2, 0.25) is 0 Å². The van der Waals surface area contributed by atoms with Crippen LogP contribution in [0.4, 0.5) is 0 Å². The van der Waals surface area contributed by atoms with Crippen LogP contribution in [0.15, 0.2) is 30.3 Å². The SMILES string of the molecule is CC1(C)[C@]2(c3ccccc3)CC[C@]1(C)[C@@H](O)C2. The Hall–Kier alpha value is -0.820. The number of aliphatic hydroxyl groups is 1. The van der Waals surface area contributed by atoms with Crippen molar-refractivity contribution >= 4 is 0 Å². The van der Waals surface area contributed by atoms with Crippen LogP contribution in [0, 0.1) is 10.8 Å². The quantitative estimate of drug-likeness (QED) is 0.782. The van der Waals surface area contributed by atoms with Gasteiger partial charge in [-0.2, -0.15) is 0 Å². The average molecular weight is 230 g/mol. The zero-order valence-electron chi connectivity index (χ0n) is 11.0. The van der Waals surface area contributed by atoms with Gasteiger partial charge in [-0.1, -0.05) is 51.1 Å². The van der Waals surface area contributed by atoms with E-state index < -0.39 is 0 Å². The summed E-state index contributed by atoms with van der Waals surface area (Å²) >= 11 is 0. The molecule has 0 aromatic heterocycles. The molecule has 0 aliphatic heterocycles. The predicted octanol–water partition coefficient (Wildman–Crippen LogP) is 3.52. The van der Waals surface area contributed by atoms with Crippen molar-refractivity contribution in [3.63, 3.8) is 0 Å². The molecule has 0 radical (unpaired) electrons. The van der Waals surface area contributed by atoms with Gasteiger partial charge in [0.2, 0.25) is 0 Å². The van der Waals surface area contributed by atoms with Crippen molar-refractivity contribution in [2.24, 2.45) is 10.8 Å². The molecular formula is C16H22O. The molecule has 2 aliphatic rings. The molecule has 0 saturated heterocycles. The Morgan fingerprint density at radius 1 is 1.06 bits per heavy atom. The number of hydrogen-bond acceptors (Lipinski definition) is 1. The summed E-state index contributed by atoms with van der Waals surface area (Å²) in [5.74, 6) is 0. The van der Waals surface area contributed by atoms with Gasteiger partial charge in [-0.25, -0.2) is 0 Å². The number of benzene rings is 1. The van der Waals surface area contributed by atoms with E-state index in [4.69, 9.17) is 0 Å². The maximum Gasteiger partial charge on any atom is 0.0607 e. The monoisotopic (exact) mass is 230 g/mol. The third-order valence-corrected chi connectivity index (χ3v) is 6.30. The molecule has 3 atom stereocenters. The first-order valence-electron chi connectivity index (χ1n) is 6.68. The van der Waals surface area contributed by atoms with E-state index in [0.29, 0.717) is 0 Å². The minimum atomic E-state index is -0.147. The highest BCUT2D eigenvalue weighted by atomic mass is 16.3. The van der Waals surface area contributed by atoms with Gasteiger partial charge in [-0.05, 0) is 35.7 Å². The van der Waals surface area contributed by atoms with Gasteiger partial charge in [0.1, 0.15) is 0 Å². The summed E-state index contributed by atoms with van der Waals surface area (Å²) < 4.78 is 0. The first-order valence-corrected chi connectivity index (χ1v) is 6.68. The molecule has 17 heavy (non-hydrogen) atoms. The largest absolute Gasteiger partial charge is 0.393 e. The molecule has 2 saturated carbocycles. The third-order valence-electron chi connectivity index (χ3n) is 6.30. The van der Waals surface area contributed by atoms with E-state index in [1.54, 1.807) is 0 Å². The van der Waals surface area contributed by atoms with Gasteiger partial charge in [0, 0.05) is 5.41 Å². The first-order chi connectivity index (χ1) is 7.94. The topological polar surface area (TPSA) is 20.2 Å². The Bertz CT molecular complexity index is 436. The van der Waals surface area contributed by atoms with E-state index in [9.17, 15) is 5.11 Å². The standard InChI is InChI=1S/C16H22O/c1-14(2)15(3)9-10-16(14,11-13(15)17)12-7-5-4-6-8-12/h4-8,13,17H,9-11H2,1-3H3/t13-,15+,16+/m0/s1. The van der Waals surface area contributed by atoms with Gasteiger partial charge < -0.3 is 5.11 Å². The molecule has 0 heterocycles. The molecule has 2 fully saturated rings. The molecule has 1 N–H and O–H groups in total. The van der Waals surface area contributed by atoms with Crippen molar-refractivity contribution in [3.8, 4) is 0 Å². The Balaban J connectivity index is 2.17. The van der Waals surface area contributed by atoms with Crippen LogP contribution in [0.1, 0.15) is 45.6 Å². The molecule has 1 aromatic carbocycles. The average Bonchev–Trinajstić information content (AvgIpc) is 2.61. The van der Waals surface area contributed by atoms with Crippen LogP contribution < -0.4 is 0 Å². The first kappa shape index (κ1) is 11.3. The van der Waals surface area contributed by atoms with E-state index in [1.807, 2.05) is 0 Å². The zero-order valence-corrected chi connectivity index (χ0v) is 11.0. The summed E-state index contributed by atoms with van der Waals surface area (Å²) in [4.78, 5) is 0. The molecule has 2 aliphatic carbocycles. The predicted molar refractivity (Wildman–Crippen MR) is 69.9 cm³/mol. The van der Waals surface area contributed by atoms with E-state index in [0.717, 1.165) is 12.8 Å². The fourth-order valence-corrected chi connectivity index (χ4v) is 4.52. The molecule has 1 aromatic rings. The zero-order chi connectivity index (χ0) is 12.3. The number of rotatable bonds is 1. The summed E-state index contributed by atoms with van der Waals surface area (Å²) in [5.41, 5.74) is 1.87. The molecule has 0 amide bonds. The van der Waals surface area contributed by atoms with Crippen molar-refractivity contribution < 1.29 is 5.11 Å². The molecule has 3 rings (SSSR count). The van der Waals surface area contributed by atoms with Crippen molar-refractivity contribution in [1.29, 1.82) is 0 Å². The van der Waals surface area contributed by atoms with Crippen LogP contribution in [-0.2, 0) is 5.41 Å². The normalized spacial score (nSPS) is 42.9. The van der Waals surface area contributed by atoms with Crippen molar-refractivity contribution in [3.05, 3.63) is 35.9 Å². The van der Waals surface area contributed by atoms with Crippen LogP contribution in [0.25, 0.3) is 0 Å². The second-order valence-corrected chi connectivity index (χ2v) is 6.71. The van der Waals surface area contributed by atoms with Crippen molar-refractivity contribution in [2.45, 2.75) is 51.6 Å². The second-order valence-electron chi connectivity index (χ2n) is 6.71. The van der Waals surface area contributed by atoms with Gasteiger partial charge in [0.05, 0.1) is 6.10 Å². The third kappa shape index (κ3) is 1.09. The molecule has 92 valence electrons. The Labute approximate surface area is 104 Å². The van der Waals surface area contributed by atoms with E-state index >= 15 is 0 Å².